The van der Waals surface area contributed by atoms with Gasteiger partial charge in [-0.05, 0) is 18.8 Å². The minimum atomic E-state index is -0.840. The van der Waals surface area contributed by atoms with Gasteiger partial charge < -0.3 is 14.9 Å². The van der Waals surface area contributed by atoms with Gasteiger partial charge in [0, 0.05) is 38.6 Å². The lowest BCUT2D eigenvalue weighted by atomic mass is 10.0. The summed E-state index contributed by atoms with van der Waals surface area (Å²) in [6, 6.07) is 0.250. The van der Waals surface area contributed by atoms with Crippen LogP contribution in [0.1, 0.15) is 33.1 Å². The fraction of sp³-hybridized carbons (Fsp3) is 0.857. The van der Waals surface area contributed by atoms with Crippen molar-refractivity contribution in [2.75, 3.05) is 26.2 Å². The number of carboxylic acids is 1. The van der Waals surface area contributed by atoms with Gasteiger partial charge in [-0.2, -0.15) is 0 Å². The van der Waals surface area contributed by atoms with Gasteiger partial charge in [-0.1, -0.05) is 13.8 Å². The molecule has 1 amide bonds. The molecule has 0 bridgehead atoms. The van der Waals surface area contributed by atoms with Crippen molar-refractivity contribution in [2.24, 2.45) is 11.8 Å². The molecule has 5 nitrogen and oxygen atoms in total. The second kappa shape index (κ2) is 5.90. The fourth-order valence-electron chi connectivity index (χ4n) is 3.18. The molecule has 2 aliphatic heterocycles. The summed E-state index contributed by atoms with van der Waals surface area (Å²) in [6.45, 7) is 7.98. The number of likely N-dealkylation sites (tertiary alicyclic amines) is 2. The van der Waals surface area contributed by atoms with E-state index in [0.29, 0.717) is 12.5 Å². The van der Waals surface area contributed by atoms with Crippen molar-refractivity contribution in [3.8, 4) is 0 Å². The Kier molecular flexibility index (Phi) is 4.45. The van der Waals surface area contributed by atoms with Crippen LogP contribution < -0.4 is 0 Å². The number of carbonyl (C=O) groups is 2. The van der Waals surface area contributed by atoms with Crippen LogP contribution in [0.3, 0.4) is 0 Å². The molecule has 5 heteroatoms. The van der Waals surface area contributed by atoms with Gasteiger partial charge in [-0.15, -0.1) is 0 Å². The highest BCUT2D eigenvalue weighted by atomic mass is 16.4. The summed E-state index contributed by atoms with van der Waals surface area (Å²) in [7, 11) is 0. The minimum absolute atomic E-state index is 0.0229. The first-order valence-corrected chi connectivity index (χ1v) is 7.22. The van der Waals surface area contributed by atoms with Crippen LogP contribution >= 0.6 is 0 Å². The summed E-state index contributed by atoms with van der Waals surface area (Å²) in [5, 5.41) is 9.00. The number of piperidine rings is 1. The highest BCUT2D eigenvalue weighted by Crippen LogP contribution is 2.25. The summed E-state index contributed by atoms with van der Waals surface area (Å²) >= 11 is 0. The van der Waals surface area contributed by atoms with Gasteiger partial charge in [0.25, 0.3) is 0 Å². The Morgan fingerprint density at radius 3 is 2.47 bits per heavy atom. The molecule has 1 atom stereocenters. The molecule has 2 saturated heterocycles. The molecule has 0 aromatic carbocycles. The van der Waals surface area contributed by atoms with E-state index in [4.69, 9.17) is 5.11 Å². The lowest BCUT2D eigenvalue weighted by molar-refractivity contribution is -0.141. The van der Waals surface area contributed by atoms with Crippen LogP contribution in [0, 0.1) is 11.8 Å². The molecule has 0 spiro atoms. The number of carboxylic acid groups (broad SMARTS) is 1. The van der Waals surface area contributed by atoms with E-state index in [1.807, 2.05) is 4.90 Å². The van der Waals surface area contributed by atoms with E-state index < -0.39 is 11.9 Å². The van der Waals surface area contributed by atoms with Crippen LogP contribution in [-0.2, 0) is 9.59 Å². The number of hydrogen-bond donors (Lipinski definition) is 1. The van der Waals surface area contributed by atoms with Crippen molar-refractivity contribution < 1.29 is 14.7 Å². The molecule has 108 valence electrons. The topological polar surface area (TPSA) is 60.9 Å². The third kappa shape index (κ3) is 3.47. The molecular weight excluding hydrogens is 244 g/mol. The van der Waals surface area contributed by atoms with Crippen molar-refractivity contribution in [3.63, 3.8) is 0 Å². The molecule has 1 unspecified atom stereocenters. The Hall–Kier alpha value is -1.10. The molecule has 2 rings (SSSR count). The van der Waals surface area contributed by atoms with Crippen LogP contribution in [0.2, 0.25) is 0 Å². The minimum Gasteiger partial charge on any atom is -0.481 e. The Labute approximate surface area is 114 Å². The molecule has 2 fully saturated rings. The van der Waals surface area contributed by atoms with E-state index in [1.54, 1.807) is 0 Å². The molecule has 0 aliphatic carbocycles. The predicted molar refractivity (Wildman–Crippen MR) is 71.8 cm³/mol. The number of rotatable bonds is 4. The summed E-state index contributed by atoms with van der Waals surface area (Å²) in [5.41, 5.74) is 0. The second-order valence-corrected chi connectivity index (χ2v) is 6.21. The van der Waals surface area contributed by atoms with Gasteiger partial charge in [0.05, 0.1) is 5.92 Å². The normalized spacial score (nSPS) is 26.4. The Bertz CT molecular complexity index is 349. The van der Waals surface area contributed by atoms with Crippen molar-refractivity contribution in [3.05, 3.63) is 0 Å². The maximum Gasteiger partial charge on any atom is 0.308 e. The summed E-state index contributed by atoms with van der Waals surface area (Å²) in [5.74, 6) is -0.648. The number of hydrogen-bond acceptors (Lipinski definition) is 3. The van der Waals surface area contributed by atoms with Crippen LogP contribution in [0.4, 0.5) is 0 Å². The lowest BCUT2D eigenvalue weighted by Gasteiger charge is -2.37. The first kappa shape index (κ1) is 14.3. The van der Waals surface area contributed by atoms with E-state index in [9.17, 15) is 9.59 Å². The van der Waals surface area contributed by atoms with E-state index in [2.05, 4.69) is 18.7 Å². The van der Waals surface area contributed by atoms with Crippen LogP contribution in [0.25, 0.3) is 0 Å². The number of aliphatic carboxylic acids is 1. The zero-order chi connectivity index (χ0) is 14.0. The molecule has 0 radical (unpaired) electrons. The monoisotopic (exact) mass is 268 g/mol. The van der Waals surface area contributed by atoms with Gasteiger partial charge >= 0.3 is 5.97 Å². The van der Waals surface area contributed by atoms with Gasteiger partial charge in [0.15, 0.2) is 0 Å². The summed E-state index contributed by atoms with van der Waals surface area (Å²) < 4.78 is 0. The Morgan fingerprint density at radius 2 is 2.00 bits per heavy atom. The quantitative estimate of drug-likeness (QED) is 0.827. The van der Waals surface area contributed by atoms with Crippen LogP contribution in [0.15, 0.2) is 0 Å². The Morgan fingerprint density at radius 1 is 1.37 bits per heavy atom. The number of nitrogens with zero attached hydrogens (tertiary/aromatic N) is 2. The lowest BCUT2D eigenvalue weighted by Crippen LogP contribution is -2.46. The third-order valence-corrected chi connectivity index (χ3v) is 4.13. The summed E-state index contributed by atoms with van der Waals surface area (Å²) in [6.07, 6.45) is 2.14. The maximum atomic E-state index is 11.9. The molecule has 19 heavy (non-hydrogen) atoms. The smallest absolute Gasteiger partial charge is 0.308 e. The average molecular weight is 268 g/mol. The largest absolute Gasteiger partial charge is 0.481 e. The highest BCUT2D eigenvalue weighted by Gasteiger charge is 2.38. The fourth-order valence-corrected chi connectivity index (χ4v) is 3.18. The van der Waals surface area contributed by atoms with Gasteiger partial charge in [0.2, 0.25) is 5.91 Å². The zero-order valence-electron chi connectivity index (χ0n) is 11.8. The van der Waals surface area contributed by atoms with E-state index in [1.165, 1.54) is 0 Å². The van der Waals surface area contributed by atoms with Crippen LogP contribution in [0.5, 0.6) is 0 Å². The zero-order valence-corrected chi connectivity index (χ0v) is 11.8. The van der Waals surface area contributed by atoms with Crippen LogP contribution in [-0.4, -0.2) is 59.0 Å². The van der Waals surface area contributed by atoms with Gasteiger partial charge in [0.1, 0.15) is 0 Å². The van der Waals surface area contributed by atoms with E-state index in [0.717, 1.165) is 32.5 Å². The maximum absolute atomic E-state index is 11.9. The third-order valence-electron chi connectivity index (χ3n) is 4.13. The van der Waals surface area contributed by atoms with Crippen molar-refractivity contribution in [1.82, 2.24) is 9.80 Å². The standard InChI is InChI=1S/C14H24N2O3/c1-10(2)8-15-5-3-12(4-6-15)16-9-11(14(18)19)7-13(16)17/h10-12H,3-9H2,1-2H3,(H,18,19). The van der Waals surface area contributed by atoms with E-state index >= 15 is 0 Å². The average Bonchev–Trinajstić information content (AvgIpc) is 2.72. The predicted octanol–water partition coefficient (Wildman–Crippen LogP) is 1.04. The molecule has 0 aromatic rings. The first-order chi connectivity index (χ1) is 8.97. The second-order valence-electron chi connectivity index (χ2n) is 6.21. The van der Waals surface area contributed by atoms with Crippen molar-refractivity contribution >= 4 is 11.9 Å². The molecule has 1 N–H and O–H groups in total. The van der Waals surface area contributed by atoms with Crippen molar-refractivity contribution in [1.29, 1.82) is 0 Å². The van der Waals surface area contributed by atoms with E-state index in [-0.39, 0.29) is 18.4 Å². The molecule has 2 aliphatic rings. The number of amides is 1. The molecule has 0 saturated carbocycles. The molecule has 2 heterocycles. The summed E-state index contributed by atoms with van der Waals surface area (Å²) in [4.78, 5) is 27.1. The molecule has 0 aromatic heterocycles. The van der Waals surface area contributed by atoms with Crippen molar-refractivity contribution in [2.45, 2.75) is 39.2 Å². The highest BCUT2D eigenvalue weighted by molar-refractivity contribution is 5.86. The Balaban J connectivity index is 1.85. The number of carbonyl (C=O) groups excluding carboxylic acids is 1. The van der Waals surface area contributed by atoms with Gasteiger partial charge in [-0.25, -0.2) is 0 Å². The SMILES string of the molecule is CC(C)CN1CCC(N2CC(C(=O)O)CC2=O)CC1. The molecular formula is C14H24N2O3. The van der Waals surface area contributed by atoms with Gasteiger partial charge in [-0.3, -0.25) is 9.59 Å². The first-order valence-electron chi connectivity index (χ1n) is 7.22.